The lowest BCUT2D eigenvalue weighted by Crippen LogP contribution is -2.45. The van der Waals surface area contributed by atoms with Crippen molar-refractivity contribution in [3.63, 3.8) is 0 Å². The van der Waals surface area contributed by atoms with E-state index >= 15 is 0 Å². The largest absolute Gasteiger partial charge is 0.354 e. The molecule has 6 nitrogen and oxygen atoms in total. The molecule has 0 heterocycles. The summed E-state index contributed by atoms with van der Waals surface area (Å²) in [4.78, 5) is 21.8. The van der Waals surface area contributed by atoms with Crippen LogP contribution in [0.5, 0.6) is 0 Å². The predicted octanol–water partition coefficient (Wildman–Crippen LogP) is 2.05. The first-order valence-corrected chi connectivity index (χ1v) is 6.72. The zero-order valence-corrected chi connectivity index (χ0v) is 13.1. The van der Waals surface area contributed by atoms with Gasteiger partial charge in [-0.3, -0.25) is 14.9 Å². The predicted molar refractivity (Wildman–Crippen MR) is 84.5 cm³/mol. The molecule has 0 spiro atoms. The summed E-state index contributed by atoms with van der Waals surface area (Å²) >= 11 is 0. The first-order valence-electron chi connectivity index (χ1n) is 6.72. The number of nitrogens with two attached hydrogens (primary N) is 1. The molecule has 1 amide bonds. The van der Waals surface area contributed by atoms with Gasteiger partial charge in [0.1, 0.15) is 0 Å². The maximum absolute atomic E-state index is 11.8. The highest BCUT2D eigenvalue weighted by molar-refractivity contribution is 5.85. The molecule has 0 aliphatic carbocycles. The van der Waals surface area contributed by atoms with Crippen LogP contribution in [0, 0.1) is 16.0 Å². The van der Waals surface area contributed by atoms with Gasteiger partial charge in [0.2, 0.25) is 5.91 Å². The molecule has 1 aromatic carbocycles. The van der Waals surface area contributed by atoms with Gasteiger partial charge in [-0.1, -0.05) is 32.4 Å². The van der Waals surface area contributed by atoms with Crippen molar-refractivity contribution < 1.29 is 9.72 Å². The molecular weight excluding hydrogens is 294 g/mol. The highest BCUT2D eigenvalue weighted by Crippen LogP contribution is 2.12. The summed E-state index contributed by atoms with van der Waals surface area (Å²) in [5.41, 5.74) is 6.82. The molecule has 2 unspecified atom stereocenters. The third-order valence-corrected chi connectivity index (χ3v) is 3.42. The lowest BCUT2D eigenvalue weighted by atomic mass is 9.99. The minimum atomic E-state index is -0.489. The molecule has 0 aliphatic heterocycles. The van der Waals surface area contributed by atoms with Crippen LogP contribution < -0.4 is 11.1 Å². The van der Waals surface area contributed by atoms with Crippen LogP contribution in [0.25, 0.3) is 0 Å². The zero-order valence-electron chi connectivity index (χ0n) is 12.2. The molecule has 0 fully saturated rings. The van der Waals surface area contributed by atoms with E-state index in [1.165, 1.54) is 12.1 Å². The topological polar surface area (TPSA) is 98.3 Å². The lowest BCUT2D eigenvalue weighted by Gasteiger charge is -2.17. The number of nitro benzene ring substituents is 1. The summed E-state index contributed by atoms with van der Waals surface area (Å²) in [6, 6.07) is 5.82. The van der Waals surface area contributed by atoms with Gasteiger partial charge >= 0.3 is 0 Å². The van der Waals surface area contributed by atoms with Crippen molar-refractivity contribution in [2.75, 3.05) is 6.54 Å². The number of hydrogen-bond acceptors (Lipinski definition) is 4. The Morgan fingerprint density at radius 1 is 1.38 bits per heavy atom. The Morgan fingerprint density at radius 3 is 2.43 bits per heavy atom. The van der Waals surface area contributed by atoms with E-state index in [1.807, 2.05) is 13.8 Å². The van der Waals surface area contributed by atoms with Crippen molar-refractivity contribution in [3.05, 3.63) is 39.9 Å². The van der Waals surface area contributed by atoms with Gasteiger partial charge in [0.15, 0.2) is 0 Å². The van der Waals surface area contributed by atoms with Crippen molar-refractivity contribution in [3.8, 4) is 0 Å². The minimum absolute atomic E-state index is 0. The van der Waals surface area contributed by atoms with E-state index in [9.17, 15) is 14.9 Å². The normalized spacial score (nSPS) is 12.9. The summed E-state index contributed by atoms with van der Waals surface area (Å²) < 4.78 is 0. The molecule has 3 N–H and O–H groups in total. The number of halogens is 1. The fraction of sp³-hybridized carbons (Fsp3) is 0.500. The van der Waals surface area contributed by atoms with Crippen molar-refractivity contribution in [2.24, 2.45) is 11.7 Å². The molecule has 0 saturated carbocycles. The first kappa shape index (κ1) is 19.3. The molecular formula is C14H22ClN3O3. The number of nitrogens with zero attached hydrogens (tertiary/aromatic N) is 1. The van der Waals surface area contributed by atoms with Crippen LogP contribution in [0.2, 0.25) is 0 Å². The number of nitrogens with one attached hydrogen (secondary N) is 1. The summed E-state index contributed by atoms with van der Waals surface area (Å²) in [6.45, 7) is 4.41. The number of rotatable bonds is 7. The molecule has 1 rings (SSSR count). The van der Waals surface area contributed by atoms with Gasteiger partial charge in [0.25, 0.3) is 5.69 Å². The smallest absolute Gasteiger partial charge is 0.269 e. The van der Waals surface area contributed by atoms with Crippen LogP contribution in [0.4, 0.5) is 5.69 Å². The van der Waals surface area contributed by atoms with Crippen molar-refractivity contribution in [1.82, 2.24) is 5.32 Å². The second kappa shape index (κ2) is 9.31. The molecule has 21 heavy (non-hydrogen) atoms. The second-order valence-corrected chi connectivity index (χ2v) is 4.88. The summed E-state index contributed by atoms with van der Waals surface area (Å²) in [7, 11) is 0. The molecule has 0 radical (unpaired) electrons. The number of amides is 1. The van der Waals surface area contributed by atoms with E-state index in [4.69, 9.17) is 5.73 Å². The van der Waals surface area contributed by atoms with E-state index in [2.05, 4.69) is 5.32 Å². The molecule has 118 valence electrons. The van der Waals surface area contributed by atoms with Gasteiger partial charge in [-0.15, -0.1) is 12.4 Å². The molecule has 7 heteroatoms. The van der Waals surface area contributed by atoms with Gasteiger partial charge < -0.3 is 11.1 Å². The van der Waals surface area contributed by atoms with Crippen LogP contribution in [-0.2, 0) is 11.2 Å². The Bertz CT molecular complexity index is 465. The molecule has 0 aliphatic rings. The first-order chi connectivity index (χ1) is 9.45. The van der Waals surface area contributed by atoms with Gasteiger partial charge in [-0.2, -0.15) is 0 Å². The highest BCUT2D eigenvalue weighted by Gasteiger charge is 2.18. The SMILES string of the molecule is CCC(C)C(N)C(=O)NCCc1ccc([N+](=O)[O-])cc1.Cl. The zero-order chi connectivity index (χ0) is 15.1. The third kappa shape index (κ3) is 6.10. The van der Waals surface area contributed by atoms with E-state index in [1.54, 1.807) is 12.1 Å². The van der Waals surface area contributed by atoms with E-state index in [0.717, 1.165) is 12.0 Å². The Kier molecular flexibility index (Phi) is 8.57. The van der Waals surface area contributed by atoms with Crippen molar-refractivity contribution >= 4 is 24.0 Å². The highest BCUT2D eigenvalue weighted by atomic mass is 35.5. The Labute approximate surface area is 130 Å². The van der Waals surface area contributed by atoms with E-state index in [0.29, 0.717) is 13.0 Å². The Hall–Kier alpha value is -1.66. The lowest BCUT2D eigenvalue weighted by molar-refractivity contribution is -0.384. The van der Waals surface area contributed by atoms with Gasteiger partial charge in [-0.25, -0.2) is 0 Å². The number of non-ortho nitro benzene ring substituents is 1. The van der Waals surface area contributed by atoms with Crippen LogP contribution in [0.1, 0.15) is 25.8 Å². The van der Waals surface area contributed by atoms with Crippen molar-refractivity contribution in [1.29, 1.82) is 0 Å². The van der Waals surface area contributed by atoms with Crippen LogP contribution in [0.15, 0.2) is 24.3 Å². The molecule has 0 saturated heterocycles. The third-order valence-electron chi connectivity index (χ3n) is 3.42. The molecule has 0 aromatic heterocycles. The maximum Gasteiger partial charge on any atom is 0.269 e. The number of carbonyl (C=O) groups excluding carboxylic acids is 1. The van der Waals surface area contributed by atoms with E-state index < -0.39 is 11.0 Å². The van der Waals surface area contributed by atoms with Gasteiger partial charge in [0.05, 0.1) is 11.0 Å². The Morgan fingerprint density at radius 2 is 1.95 bits per heavy atom. The van der Waals surface area contributed by atoms with Crippen LogP contribution >= 0.6 is 12.4 Å². The second-order valence-electron chi connectivity index (χ2n) is 4.88. The Balaban J connectivity index is 0.00000400. The average Bonchev–Trinajstić information content (AvgIpc) is 2.45. The standard InChI is InChI=1S/C14H21N3O3.ClH/c1-3-10(2)13(15)14(18)16-9-8-11-4-6-12(7-5-11)17(19)20;/h4-7,10,13H,3,8-9,15H2,1-2H3,(H,16,18);1H. The fourth-order valence-corrected chi connectivity index (χ4v) is 1.74. The number of benzene rings is 1. The average molecular weight is 316 g/mol. The molecule has 0 bridgehead atoms. The minimum Gasteiger partial charge on any atom is -0.354 e. The van der Waals surface area contributed by atoms with Crippen molar-refractivity contribution in [2.45, 2.75) is 32.7 Å². The van der Waals surface area contributed by atoms with E-state index in [-0.39, 0.29) is 29.9 Å². The van der Waals surface area contributed by atoms with Crippen LogP contribution in [-0.4, -0.2) is 23.4 Å². The molecule has 1 aromatic rings. The number of hydrogen-bond donors (Lipinski definition) is 2. The van der Waals surface area contributed by atoms with Gasteiger partial charge in [-0.05, 0) is 17.9 Å². The maximum atomic E-state index is 11.8. The number of nitro groups is 1. The van der Waals surface area contributed by atoms with Gasteiger partial charge in [0, 0.05) is 18.7 Å². The monoisotopic (exact) mass is 315 g/mol. The summed E-state index contributed by atoms with van der Waals surface area (Å²) in [5, 5.41) is 13.3. The summed E-state index contributed by atoms with van der Waals surface area (Å²) in [5.74, 6) is -0.00404. The molecule has 2 atom stereocenters. The number of carbonyl (C=O) groups is 1. The van der Waals surface area contributed by atoms with Crippen LogP contribution in [0.3, 0.4) is 0 Å². The fourth-order valence-electron chi connectivity index (χ4n) is 1.74. The summed E-state index contributed by atoms with van der Waals surface area (Å²) in [6.07, 6.45) is 1.48. The quantitative estimate of drug-likeness (QED) is 0.594.